The van der Waals surface area contributed by atoms with Gasteiger partial charge in [0, 0.05) is 37.2 Å². The molecule has 0 aromatic heterocycles. The molecule has 152 valence electrons. The Labute approximate surface area is 171 Å². The van der Waals surface area contributed by atoms with Crippen molar-refractivity contribution in [3.05, 3.63) is 71.3 Å². The minimum Gasteiger partial charge on any atom is -0.480 e. The average molecular weight is 392 g/mol. The molecule has 0 bridgehead atoms. The van der Waals surface area contributed by atoms with Gasteiger partial charge in [0.25, 0.3) is 5.91 Å². The summed E-state index contributed by atoms with van der Waals surface area (Å²) in [5, 5.41) is 9.23. The zero-order valence-electron chi connectivity index (χ0n) is 16.9. The van der Waals surface area contributed by atoms with Crippen molar-refractivity contribution in [2.24, 2.45) is 11.3 Å². The molecule has 2 heterocycles. The van der Waals surface area contributed by atoms with Crippen molar-refractivity contribution in [3.8, 4) is 0 Å². The molecule has 0 aliphatic carbocycles. The molecule has 2 atom stereocenters. The number of nitrogens with zero attached hydrogens (tertiary/aromatic N) is 2. The summed E-state index contributed by atoms with van der Waals surface area (Å²) in [6.45, 7) is 5.00. The van der Waals surface area contributed by atoms with Crippen LogP contribution < -0.4 is 0 Å². The minimum atomic E-state index is -0.782. The lowest BCUT2D eigenvalue weighted by atomic mass is 9.76. The number of benzene rings is 2. The third kappa shape index (κ3) is 4.20. The lowest BCUT2D eigenvalue weighted by Crippen LogP contribution is -2.38. The van der Waals surface area contributed by atoms with Crippen molar-refractivity contribution >= 4 is 11.9 Å². The Kier molecular flexibility index (Phi) is 5.41. The fourth-order valence-corrected chi connectivity index (χ4v) is 5.03. The summed E-state index contributed by atoms with van der Waals surface area (Å²) in [7, 11) is 0. The van der Waals surface area contributed by atoms with Crippen LogP contribution in [0.3, 0.4) is 0 Å². The van der Waals surface area contributed by atoms with Crippen LogP contribution in [0.2, 0.25) is 0 Å². The Bertz CT molecular complexity index is 881. The Morgan fingerprint density at radius 2 is 1.76 bits per heavy atom. The molecule has 5 nitrogen and oxygen atoms in total. The normalized spacial score (nSPS) is 23.9. The van der Waals surface area contributed by atoms with E-state index in [0.717, 1.165) is 37.1 Å². The van der Waals surface area contributed by atoms with Gasteiger partial charge < -0.3 is 10.0 Å². The van der Waals surface area contributed by atoms with Crippen LogP contribution in [-0.2, 0) is 11.2 Å². The fraction of sp³-hybridized carbons (Fsp3) is 0.417. The number of fused-ring (bicyclic) bond motifs is 1. The first-order valence-electron chi connectivity index (χ1n) is 10.3. The number of carboxylic acids is 1. The molecular formula is C24H28N2O3. The summed E-state index contributed by atoms with van der Waals surface area (Å²) in [4.78, 5) is 28.4. The van der Waals surface area contributed by atoms with E-state index in [1.54, 1.807) is 0 Å². The van der Waals surface area contributed by atoms with Gasteiger partial charge >= 0.3 is 5.97 Å². The fourth-order valence-electron chi connectivity index (χ4n) is 5.03. The van der Waals surface area contributed by atoms with Gasteiger partial charge in [0.2, 0.25) is 0 Å². The maximum absolute atomic E-state index is 13.1. The molecule has 0 radical (unpaired) electrons. The summed E-state index contributed by atoms with van der Waals surface area (Å²) in [5.41, 5.74) is 3.13. The molecule has 29 heavy (non-hydrogen) atoms. The number of carboxylic acid groups (broad SMARTS) is 1. The van der Waals surface area contributed by atoms with Crippen LogP contribution in [0.15, 0.2) is 54.6 Å². The Balaban J connectivity index is 1.51. The Morgan fingerprint density at radius 1 is 1.03 bits per heavy atom. The van der Waals surface area contributed by atoms with Crippen LogP contribution in [0.1, 0.15) is 27.9 Å². The number of carbonyl (C=O) groups excluding carboxylic acids is 1. The topological polar surface area (TPSA) is 60.9 Å². The lowest BCUT2D eigenvalue weighted by molar-refractivity contribution is -0.138. The number of likely N-dealkylation sites (tertiary alicyclic amines) is 2. The van der Waals surface area contributed by atoms with Crippen molar-refractivity contribution in [2.75, 3.05) is 32.7 Å². The molecular weight excluding hydrogens is 364 g/mol. The van der Waals surface area contributed by atoms with Crippen molar-refractivity contribution in [3.63, 3.8) is 0 Å². The lowest BCUT2D eigenvalue weighted by Gasteiger charge is -2.29. The number of aryl methyl sites for hydroxylation is 2. The molecule has 2 aliphatic heterocycles. The molecule has 1 amide bonds. The van der Waals surface area contributed by atoms with E-state index in [1.807, 2.05) is 47.1 Å². The van der Waals surface area contributed by atoms with Gasteiger partial charge in [-0.2, -0.15) is 0 Å². The second-order valence-corrected chi connectivity index (χ2v) is 8.66. The van der Waals surface area contributed by atoms with Gasteiger partial charge in [-0.25, -0.2) is 0 Å². The zero-order valence-corrected chi connectivity index (χ0v) is 16.9. The molecule has 2 aliphatic rings. The molecule has 5 heteroatoms. The molecule has 2 aromatic rings. The van der Waals surface area contributed by atoms with Gasteiger partial charge in [0.05, 0.1) is 6.54 Å². The molecule has 0 unspecified atom stereocenters. The smallest absolute Gasteiger partial charge is 0.317 e. The predicted molar refractivity (Wildman–Crippen MR) is 112 cm³/mol. The molecule has 0 spiro atoms. The van der Waals surface area contributed by atoms with Gasteiger partial charge in [0.15, 0.2) is 0 Å². The van der Waals surface area contributed by atoms with Crippen LogP contribution in [0.25, 0.3) is 0 Å². The van der Waals surface area contributed by atoms with E-state index >= 15 is 0 Å². The number of amides is 1. The molecule has 0 saturated carbocycles. The van der Waals surface area contributed by atoms with Gasteiger partial charge in [0.1, 0.15) is 0 Å². The number of hydrogen-bond acceptors (Lipinski definition) is 3. The summed E-state index contributed by atoms with van der Waals surface area (Å²) in [5.74, 6) is -0.376. The van der Waals surface area contributed by atoms with Crippen molar-refractivity contribution in [2.45, 2.75) is 19.8 Å². The number of carbonyl (C=O) groups is 2. The first-order chi connectivity index (χ1) is 13.9. The first kappa shape index (κ1) is 19.6. The zero-order chi connectivity index (χ0) is 20.4. The standard InChI is InChI=1S/C24H28N2O3/c1-18-7-9-20(10-8-18)23(29)26-14-21-13-25(15-22(27)28)16-24(21,17-26)12-11-19-5-3-2-4-6-19/h2-10,21H,11-17H2,1H3,(H,27,28)/t21-,24+/m0/s1. The third-order valence-corrected chi connectivity index (χ3v) is 6.53. The van der Waals surface area contributed by atoms with Crippen LogP contribution in [0.4, 0.5) is 0 Å². The highest BCUT2D eigenvalue weighted by molar-refractivity contribution is 5.94. The van der Waals surface area contributed by atoms with Crippen LogP contribution >= 0.6 is 0 Å². The number of rotatable bonds is 6. The highest BCUT2D eigenvalue weighted by Gasteiger charge is 2.53. The molecule has 2 fully saturated rings. The van der Waals surface area contributed by atoms with Crippen LogP contribution in [0, 0.1) is 18.3 Å². The van der Waals surface area contributed by atoms with E-state index in [4.69, 9.17) is 0 Å². The first-order valence-corrected chi connectivity index (χ1v) is 10.3. The van der Waals surface area contributed by atoms with Crippen LogP contribution in [0.5, 0.6) is 0 Å². The molecule has 4 rings (SSSR count). The quantitative estimate of drug-likeness (QED) is 0.821. The third-order valence-electron chi connectivity index (χ3n) is 6.53. The predicted octanol–water partition coefficient (Wildman–Crippen LogP) is 3.09. The Hall–Kier alpha value is -2.66. The maximum Gasteiger partial charge on any atom is 0.317 e. The van der Waals surface area contributed by atoms with Gasteiger partial charge in [-0.3, -0.25) is 14.5 Å². The van der Waals surface area contributed by atoms with E-state index in [2.05, 4.69) is 24.3 Å². The Morgan fingerprint density at radius 3 is 2.45 bits per heavy atom. The summed E-state index contributed by atoms with van der Waals surface area (Å²) in [6.07, 6.45) is 1.92. The van der Waals surface area contributed by atoms with Crippen molar-refractivity contribution in [1.29, 1.82) is 0 Å². The molecule has 2 saturated heterocycles. The summed E-state index contributed by atoms with van der Waals surface area (Å²) >= 11 is 0. The van der Waals surface area contributed by atoms with E-state index in [9.17, 15) is 14.7 Å². The maximum atomic E-state index is 13.1. The molecule has 2 aromatic carbocycles. The highest BCUT2D eigenvalue weighted by Crippen LogP contribution is 2.46. The van der Waals surface area contributed by atoms with E-state index in [0.29, 0.717) is 19.0 Å². The SMILES string of the molecule is Cc1ccc(C(=O)N2C[C@@H]3CN(CC(=O)O)C[C@]3(CCc3ccccc3)C2)cc1. The average Bonchev–Trinajstić information content (AvgIpc) is 3.20. The second-order valence-electron chi connectivity index (χ2n) is 8.66. The van der Waals surface area contributed by atoms with Gasteiger partial charge in [-0.15, -0.1) is 0 Å². The second kappa shape index (κ2) is 7.99. The molecule has 1 N–H and O–H groups in total. The van der Waals surface area contributed by atoms with Gasteiger partial charge in [-0.1, -0.05) is 48.0 Å². The highest BCUT2D eigenvalue weighted by atomic mass is 16.4. The van der Waals surface area contributed by atoms with Gasteiger partial charge in [-0.05, 0) is 43.4 Å². The summed E-state index contributed by atoms with van der Waals surface area (Å²) in [6, 6.07) is 18.2. The van der Waals surface area contributed by atoms with Crippen molar-refractivity contribution in [1.82, 2.24) is 9.80 Å². The van der Waals surface area contributed by atoms with E-state index in [-0.39, 0.29) is 17.9 Å². The summed E-state index contributed by atoms with van der Waals surface area (Å²) < 4.78 is 0. The van der Waals surface area contributed by atoms with Crippen molar-refractivity contribution < 1.29 is 14.7 Å². The largest absolute Gasteiger partial charge is 0.480 e. The minimum absolute atomic E-state index is 0.0361. The number of aliphatic carboxylic acids is 1. The monoisotopic (exact) mass is 392 g/mol. The van der Waals surface area contributed by atoms with E-state index in [1.165, 1.54) is 5.56 Å². The number of hydrogen-bond donors (Lipinski definition) is 1. The van der Waals surface area contributed by atoms with Crippen LogP contribution in [-0.4, -0.2) is 59.5 Å². The van der Waals surface area contributed by atoms with E-state index < -0.39 is 5.97 Å².